The van der Waals surface area contributed by atoms with Crippen LogP contribution in [0.1, 0.15) is 37.5 Å². The third kappa shape index (κ3) is 4.98. The van der Waals surface area contributed by atoms with Gasteiger partial charge in [-0.1, -0.05) is 25.1 Å². The lowest BCUT2D eigenvalue weighted by Gasteiger charge is -2.29. The van der Waals surface area contributed by atoms with Crippen molar-refractivity contribution in [2.75, 3.05) is 24.5 Å². The van der Waals surface area contributed by atoms with Crippen LogP contribution in [0.4, 0.5) is 5.69 Å². The Morgan fingerprint density at radius 3 is 2.65 bits per heavy atom. The average molecular weight is 430 g/mol. The number of benzene rings is 2. The van der Waals surface area contributed by atoms with Gasteiger partial charge in [-0.05, 0) is 78.4 Å². The molecule has 1 N–H and O–H groups in total. The van der Waals surface area contributed by atoms with Crippen LogP contribution >= 0.6 is 11.3 Å². The summed E-state index contributed by atoms with van der Waals surface area (Å²) in [7, 11) is 0. The first kappa shape index (κ1) is 21.1. The fraction of sp³-hybridized carbons (Fsp3) is 0.308. The zero-order valence-corrected chi connectivity index (χ0v) is 18.7. The third-order valence-electron chi connectivity index (χ3n) is 5.64. The van der Waals surface area contributed by atoms with Crippen LogP contribution in [0.25, 0.3) is 27.3 Å². The van der Waals surface area contributed by atoms with Crippen LogP contribution in [0.3, 0.4) is 0 Å². The second-order valence-electron chi connectivity index (χ2n) is 7.92. The predicted molar refractivity (Wildman–Crippen MR) is 130 cm³/mol. The molecule has 0 atom stereocenters. The number of thiophene rings is 1. The minimum atomic E-state index is -0.311. The predicted octanol–water partition coefficient (Wildman–Crippen LogP) is 5.99. The Balaban J connectivity index is 1.55. The molecule has 5 heteroatoms. The molecule has 1 amide bonds. The number of hydrogen-bond acceptors (Lipinski definition) is 4. The molecule has 31 heavy (non-hydrogen) atoms. The van der Waals surface area contributed by atoms with Crippen molar-refractivity contribution in [1.29, 1.82) is 5.26 Å². The molecule has 3 aromatic rings. The normalized spacial score (nSPS) is 14.5. The molecule has 0 bridgehead atoms. The van der Waals surface area contributed by atoms with E-state index in [9.17, 15) is 10.1 Å². The summed E-state index contributed by atoms with van der Waals surface area (Å²) in [5.41, 5.74) is 2.61. The quantitative estimate of drug-likeness (QED) is 0.387. The number of hydrogen-bond donors (Lipinski definition) is 1. The first-order chi connectivity index (χ1) is 15.2. The standard InChI is InChI=1S/C26H27N3OS/c1-2-12-28-26(30)22(18-27)17-24-10-11-25(31-24)21-7-6-20-16-23(9-8-19(20)15-21)29-13-4-3-5-14-29/h6-11,15-17H,2-5,12-14H2,1H3,(H,28,30)/b22-17+. The Labute approximate surface area is 187 Å². The van der Waals surface area contributed by atoms with Crippen molar-refractivity contribution >= 4 is 39.8 Å². The van der Waals surface area contributed by atoms with Gasteiger partial charge < -0.3 is 10.2 Å². The van der Waals surface area contributed by atoms with Crippen molar-refractivity contribution in [1.82, 2.24) is 5.32 Å². The van der Waals surface area contributed by atoms with Crippen LogP contribution in [0, 0.1) is 11.3 Å². The molecule has 1 aromatic heterocycles. The van der Waals surface area contributed by atoms with E-state index in [1.165, 1.54) is 35.7 Å². The fourth-order valence-electron chi connectivity index (χ4n) is 3.95. The third-order valence-corrected chi connectivity index (χ3v) is 6.72. The molecule has 1 saturated heterocycles. The summed E-state index contributed by atoms with van der Waals surface area (Å²) in [5.74, 6) is -0.311. The van der Waals surface area contributed by atoms with Crippen molar-refractivity contribution in [2.45, 2.75) is 32.6 Å². The molecule has 4 nitrogen and oxygen atoms in total. The summed E-state index contributed by atoms with van der Waals surface area (Å²) in [6.07, 6.45) is 6.41. The van der Waals surface area contributed by atoms with Gasteiger partial charge in [0.2, 0.25) is 0 Å². The minimum absolute atomic E-state index is 0.144. The highest BCUT2D eigenvalue weighted by molar-refractivity contribution is 7.16. The molecule has 1 aliphatic rings. The van der Waals surface area contributed by atoms with Crippen LogP contribution in [0.5, 0.6) is 0 Å². The Kier molecular flexibility index (Phi) is 6.69. The second kappa shape index (κ2) is 9.80. The first-order valence-corrected chi connectivity index (χ1v) is 11.8. The van der Waals surface area contributed by atoms with Crippen LogP contribution in [-0.4, -0.2) is 25.5 Å². The Morgan fingerprint density at radius 2 is 1.87 bits per heavy atom. The molecule has 2 heterocycles. The highest BCUT2D eigenvalue weighted by Gasteiger charge is 2.12. The number of piperidine rings is 1. The number of nitriles is 1. The van der Waals surface area contributed by atoms with Crippen molar-refractivity contribution in [3.05, 3.63) is 59.0 Å². The number of carbonyl (C=O) groups is 1. The minimum Gasteiger partial charge on any atom is -0.372 e. The number of anilines is 1. The SMILES string of the molecule is CCCNC(=O)/C(C#N)=C/c1ccc(-c2ccc3cc(N4CCCCC4)ccc3c2)s1. The van der Waals surface area contributed by atoms with Gasteiger partial charge in [0.1, 0.15) is 11.6 Å². The van der Waals surface area contributed by atoms with Gasteiger partial charge in [0.15, 0.2) is 0 Å². The van der Waals surface area contributed by atoms with Crippen molar-refractivity contribution in [3.63, 3.8) is 0 Å². The maximum atomic E-state index is 12.1. The first-order valence-electron chi connectivity index (χ1n) is 11.0. The number of carbonyl (C=O) groups excluding carboxylic acids is 1. The fourth-order valence-corrected chi connectivity index (χ4v) is 4.89. The van der Waals surface area contributed by atoms with E-state index < -0.39 is 0 Å². The molecule has 0 radical (unpaired) electrons. The largest absolute Gasteiger partial charge is 0.372 e. The lowest BCUT2D eigenvalue weighted by atomic mass is 10.0. The van der Waals surface area contributed by atoms with E-state index in [4.69, 9.17) is 0 Å². The van der Waals surface area contributed by atoms with E-state index in [0.29, 0.717) is 6.54 Å². The van der Waals surface area contributed by atoms with Gasteiger partial charge in [-0.25, -0.2) is 0 Å². The van der Waals surface area contributed by atoms with Gasteiger partial charge in [-0.2, -0.15) is 5.26 Å². The summed E-state index contributed by atoms with van der Waals surface area (Å²) >= 11 is 1.59. The van der Waals surface area contributed by atoms with Crippen LogP contribution < -0.4 is 10.2 Å². The van der Waals surface area contributed by atoms with Crippen molar-refractivity contribution in [3.8, 4) is 16.5 Å². The van der Waals surface area contributed by atoms with Crippen LogP contribution in [-0.2, 0) is 4.79 Å². The monoisotopic (exact) mass is 429 g/mol. The Hall–Kier alpha value is -3.10. The van der Waals surface area contributed by atoms with Gasteiger partial charge in [-0.3, -0.25) is 4.79 Å². The van der Waals surface area contributed by atoms with E-state index in [1.807, 2.05) is 19.1 Å². The molecule has 0 saturated carbocycles. The molecular formula is C26H27N3OS. The molecule has 4 rings (SSSR count). The summed E-state index contributed by atoms with van der Waals surface area (Å²) in [6, 6.07) is 19.3. The highest BCUT2D eigenvalue weighted by Crippen LogP contribution is 2.33. The summed E-state index contributed by atoms with van der Waals surface area (Å²) < 4.78 is 0. The van der Waals surface area contributed by atoms with E-state index in [-0.39, 0.29) is 11.5 Å². The Morgan fingerprint density at radius 1 is 1.10 bits per heavy atom. The van der Waals surface area contributed by atoms with Crippen LogP contribution in [0.15, 0.2) is 54.1 Å². The number of amides is 1. The van der Waals surface area contributed by atoms with Crippen LogP contribution in [0.2, 0.25) is 0 Å². The smallest absolute Gasteiger partial charge is 0.261 e. The molecule has 1 aliphatic heterocycles. The molecule has 0 unspecified atom stereocenters. The van der Waals surface area contributed by atoms with Gasteiger partial charge in [0.05, 0.1) is 0 Å². The zero-order chi connectivity index (χ0) is 21.6. The van der Waals surface area contributed by atoms with Crippen molar-refractivity contribution < 1.29 is 4.79 Å². The maximum absolute atomic E-state index is 12.1. The Bertz CT molecular complexity index is 1150. The van der Waals surface area contributed by atoms with Gasteiger partial charge in [0.25, 0.3) is 5.91 Å². The zero-order valence-electron chi connectivity index (χ0n) is 17.9. The van der Waals surface area contributed by atoms with Gasteiger partial charge in [0, 0.05) is 35.1 Å². The van der Waals surface area contributed by atoms with Gasteiger partial charge in [-0.15, -0.1) is 11.3 Å². The van der Waals surface area contributed by atoms with E-state index in [1.54, 1.807) is 17.4 Å². The molecule has 2 aromatic carbocycles. The number of fused-ring (bicyclic) bond motifs is 1. The summed E-state index contributed by atoms with van der Waals surface area (Å²) in [6.45, 7) is 4.86. The molecule has 0 aliphatic carbocycles. The maximum Gasteiger partial charge on any atom is 0.261 e. The van der Waals surface area contributed by atoms with E-state index in [0.717, 1.165) is 34.8 Å². The molecule has 158 valence electrons. The second-order valence-corrected chi connectivity index (χ2v) is 9.04. The molecule has 1 fully saturated rings. The number of nitrogens with one attached hydrogen (secondary N) is 1. The van der Waals surface area contributed by atoms with Crippen molar-refractivity contribution in [2.24, 2.45) is 0 Å². The lowest BCUT2D eigenvalue weighted by Crippen LogP contribution is -2.29. The number of rotatable bonds is 6. The molecular weight excluding hydrogens is 402 g/mol. The summed E-state index contributed by atoms with van der Waals surface area (Å²) in [5, 5.41) is 14.6. The van der Waals surface area contributed by atoms with E-state index in [2.05, 4.69) is 52.7 Å². The lowest BCUT2D eigenvalue weighted by molar-refractivity contribution is -0.117. The number of nitrogens with zero attached hydrogens (tertiary/aromatic N) is 2. The van der Waals surface area contributed by atoms with Gasteiger partial charge >= 0.3 is 0 Å². The van der Waals surface area contributed by atoms with E-state index >= 15 is 0 Å². The highest BCUT2D eigenvalue weighted by atomic mass is 32.1. The summed E-state index contributed by atoms with van der Waals surface area (Å²) in [4.78, 5) is 16.6. The molecule has 0 spiro atoms. The topological polar surface area (TPSA) is 56.1 Å². The average Bonchev–Trinajstić information content (AvgIpc) is 3.29.